The summed E-state index contributed by atoms with van der Waals surface area (Å²) in [6.07, 6.45) is 1.43. The maximum Gasteiger partial charge on any atom is 0.338 e. The molecule has 1 atom stereocenters. The van der Waals surface area contributed by atoms with Gasteiger partial charge >= 0.3 is 5.97 Å². The number of hydrogen-bond donors (Lipinski definition) is 2. The molecular weight excluding hydrogens is 473 g/mol. The summed E-state index contributed by atoms with van der Waals surface area (Å²) in [6.45, 7) is 1.96. The molecule has 0 radical (unpaired) electrons. The zero-order chi connectivity index (χ0) is 18.7. The van der Waals surface area contributed by atoms with Gasteiger partial charge in [0.2, 0.25) is 5.82 Å². The topological polar surface area (TPSA) is 92.3 Å². The molecular formula is C16H14Br2FN5O2. The number of aromatic nitrogens is 3. The highest BCUT2D eigenvalue weighted by Crippen LogP contribution is 2.36. The molecule has 136 valence electrons. The number of H-pyrrole nitrogens is 1. The predicted molar refractivity (Wildman–Crippen MR) is 100 cm³/mol. The minimum atomic E-state index is -0.702. The van der Waals surface area contributed by atoms with Gasteiger partial charge in [-0.25, -0.2) is 14.2 Å². The number of rotatable bonds is 5. The molecule has 0 fully saturated rings. The summed E-state index contributed by atoms with van der Waals surface area (Å²) in [7, 11) is 0. The summed E-state index contributed by atoms with van der Waals surface area (Å²) in [5, 5.41) is 10.1. The van der Waals surface area contributed by atoms with Crippen molar-refractivity contribution in [2.75, 3.05) is 11.9 Å². The molecule has 1 aliphatic rings. The molecule has 1 unspecified atom stereocenters. The highest BCUT2D eigenvalue weighted by Gasteiger charge is 2.33. The van der Waals surface area contributed by atoms with Gasteiger partial charge in [-0.2, -0.15) is 5.10 Å². The Labute approximate surface area is 165 Å². The van der Waals surface area contributed by atoms with Gasteiger partial charge in [-0.05, 0) is 24.6 Å². The molecule has 7 nitrogen and oxygen atoms in total. The molecule has 10 heteroatoms. The minimum Gasteiger partial charge on any atom is -0.463 e. The molecule has 3 rings (SSSR count). The number of ether oxygens (including phenoxy) is 1. The Morgan fingerprint density at radius 3 is 2.85 bits per heavy atom. The van der Waals surface area contributed by atoms with Crippen LogP contribution in [0.4, 0.5) is 4.39 Å². The quantitative estimate of drug-likeness (QED) is 0.500. The molecule has 0 bridgehead atoms. The first kappa shape index (κ1) is 18.7. The first-order valence-electron chi connectivity index (χ1n) is 7.67. The number of amidine groups is 1. The van der Waals surface area contributed by atoms with Gasteiger partial charge in [0, 0.05) is 15.5 Å². The van der Waals surface area contributed by atoms with Crippen LogP contribution < -0.4 is 5.32 Å². The fraction of sp³-hybridized carbons (Fsp3) is 0.250. The predicted octanol–water partition coefficient (Wildman–Crippen LogP) is 3.01. The zero-order valence-corrected chi connectivity index (χ0v) is 16.8. The van der Waals surface area contributed by atoms with Gasteiger partial charge in [-0.3, -0.25) is 10.1 Å². The Kier molecular flexibility index (Phi) is 5.82. The SMILES string of the molecule is CCOC(=O)C1=C(CBr)NC(c2nc[nH]n2)=NC1c1ccc(F)cc1Br. The molecule has 1 aromatic heterocycles. The second-order valence-corrected chi connectivity index (χ2v) is 6.66. The second-order valence-electron chi connectivity index (χ2n) is 5.24. The minimum absolute atomic E-state index is 0.229. The number of carbonyl (C=O) groups excluding carboxylic acids is 1. The molecule has 2 N–H and O–H groups in total. The van der Waals surface area contributed by atoms with Gasteiger partial charge in [0.05, 0.1) is 12.2 Å². The van der Waals surface area contributed by atoms with Crippen LogP contribution >= 0.6 is 31.9 Å². The van der Waals surface area contributed by atoms with E-state index in [1.807, 2.05) is 0 Å². The summed E-state index contributed by atoms with van der Waals surface area (Å²) in [6, 6.07) is 3.53. The Morgan fingerprint density at radius 1 is 1.42 bits per heavy atom. The monoisotopic (exact) mass is 485 g/mol. The van der Waals surface area contributed by atoms with E-state index in [0.717, 1.165) is 0 Å². The molecule has 0 saturated carbocycles. The van der Waals surface area contributed by atoms with Crippen molar-refractivity contribution in [3.8, 4) is 0 Å². The van der Waals surface area contributed by atoms with E-state index in [1.54, 1.807) is 13.0 Å². The van der Waals surface area contributed by atoms with E-state index >= 15 is 0 Å². The van der Waals surface area contributed by atoms with Gasteiger partial charge in [0.15, 0.2) is 5.84 Å². The van der Waals surface area contributed by atoms with Crippen LogP contribution in [0.2, 0.25) is 0 Å². The third-order valence-electron chi connectivity index (χ3n) is 3.64. The van der Waals surface area contributed by atoms with Crippen molar-refractivity contribution in [3.63, 3.8) is 0 Å². The highest BCUT2D eigenvalue weighted by molar-refractivity contribution is 9.10. The number of aromatic amines is 1. The van der Waals surface area contributed by atoms with E-state index in [2.05, 4.69) is 57.4 Å². The fourth-order valence-electron chi connectivity index (χ4n) is 2.54. The lowest BCUT2D eigenvalue weighted by atomic mass is 9.96. The number of hydrogen-bond acceptors (Lipinski definition) is 6. The van der Waals surface area contributed by atoms with Crippen molar-refractivity contribution in [3.05, 3.63) is 57.5 Å². The average molecular weight is 487 g/mol. The standard InChI is InChI=1S/C16H14Br2FN5O2/c1-2-26-16(25)12-11(6-17)22-15(14-20-7-21-24-14)23-13(12)9-4-3-8(19)5-10(9)18/h3-5,7,13H,2,6H2,1H3,(H,22,23)(H,20,21,24). The normalized spacial score (nSPS) is 16.9. The van der Waals surface area contributed by atoms with Crippen molar-refractivity contribution < 1.29 is 13.9 Å². The number of esters is 1. The summed E-state index contributed by atoms with van der Waals surface area (Å²) in [5.41, 5.74) is 1.55. The van der Waals surface area contributed by atoms with Gasteiger partial charge in [0.25, 0.3) is 0 Å². The van der Waals surface area contributed by atoms with Crippen molar-refractivity contribution >= 4 is 43.7 Å². The van der Waals surface area contributed by atoms with Gasteiger partial charge in [-0.1, -0.05) is 37.9 Å². The first-order chi connectivity index (χ1) is 12.5. The number of aliphatic imine (C=N–C) groups is 1. The molecule has 0 saturated heterocycles. The number of halogens is 3. The van der Waals surface area contributed by atoms with Gasteiger partial charge in [0.1, 0.15) is 18.2 Å². The number of alkyl halides is 1. The van der Waals surface area contributed by atoms with E-state index in [-0.39, 0.29) is 6.61 Å². The average Bonchev–Trinajstić information content (AvgIpc) is 3.15. The molecule has 0 spiro atoms. The van der Waals surface area contributed by atoms with Crippen LogP contribution in [0, 0.1) is 5.82 Å². The largest absolute Gasteiger partial charge is 0.463 e. The maximum absolute atomic E-state index is 13.5. The van der Waals surface area contributed by atoms with Crippen molar-refractivity contribution in [2.45, 2.75) is 13.0 Å². The fourth-order valence-corrected chi connectivity index (χ4v) is 3.55. The molecule has 2 heterocycles. The van der Waals surface area contributed by atoms with E-state index in [1.165, 1.54) is 18.5 Å². The number of nitrogens with one attached hydrogen (secondary N) is 2. The number of benzene rings is 1. The van der Waals surface area contributed by atoms with E-state index in [9.17, 15) is 9.18 Å². The molecule has 0 amide bonds. The van der Waals surface area contributed by atoms with Gasteiger partial charge in [-0.15, -0.1) is 0 Å². The van der Waals surface area contributed by atoms with Crippen LogP contribution in [0.25, 0.3) is 0 Å². The molecule has 26 heavy (non-hydrogen) atoms. The maximum atomic E-state index is 13.5. The third kappa shape index (κ3) is 3.70. The number of allylic oxidation sites excluding steroid dienone is 1. The van der Waals surface area contributed by atoms with Crippen molar-refractivity contribution in [1.29, 1.82) is 0 Å². The van der Waals surface area contributed by atoms with Crippen LogP contribution in [-0.4, -0.2) is 38.9 Å². The lowest BCUT2D eigenvalue weighted by molar-refractivity contribution is -0.138. The Balaban J connectivity index is 2.15. The van der Waals surface area contributed by atoms with E-state index in [0.29, 0.717) is 38.3 Å². The molecule has 1 aliphatic heterocycles. The Morgan fingerprint density at radius 2 is 2.23 bits per heavy atom. The highest BCUT2D eigenvalue weighted by atomic mass is 79.9. The van der Waals surface area contributed by atoms with Crippen LogP contribution in [0.5, 0.6) is 0 Å². The first-order valence-corrected chi connectivity index (χ1v) is 9.58. The lowest BCUT2D eigenvalue weighted by Gasteiger charge is -2.26. The van der Waals surface area contributed by atoms with Crippen LogP contribution in [0.1, 0.15) is 24.4 Å². The Hall–Kier alpha value is -2.07. The summed E-state index contributed by atoms with van der Waals surface area (Å²) in [5.74, 6) is -0.131. The van der Waals surface area contributed by atoms with E-state index in [4.69, 9.17) is 4.74 Å². The third-order valence-corrected chi connectivity index (χ3v) is 4.89. The summed E-state index contributed by atoms with van der Waals surface area (Å²) >= 11 is 6.74. The van der Waals surface area contributed by atoms with Crippen molar-refractivity contribution in [1.82, 2.24) is 20.5 Å². The van der Waals surface area contributed by atoms with Crippen LogP contribution in [0.3, 0.4) is 0 Å². The Bertz CT molecular complexity index is 883. The van der Waals surface area contributed by atoms with Crippen LogP contribution in [0.15, 0.2) is 45.3 Å². The molecule has 1 aromatic carbocycles. The summed E-state index contributed by atoms with van der Waals surface area (Å²) < 4.78 is 19.2. The summed E-state index contributed by atoms with van der Waals surface area (Å²) in [4.78, 5) is 21.3. The van der Waals surface area contributed by atoms with Gasteiger partial charge < -0.3 is 10.1 Å². The lowest BCUT2D eigenvalue weighted by Crippen LogP contribution is -2.35. The van der Waals surface area contributed by atoms with Crippen LogP contribution in [-0.2, 0) is 9.53 Å². The smallest absolute Gasteiger partial charge is 0.338 e. The zero-order valence-electron chi connectivity index (χ0n) is 13.6. The van der Waals surface area contributed by atoms with Crippen molar-refractivity contribution in [2.24, 2.45) is 4.99 Å². The number of nitrogens with zero attached hydrogens (tertiary/aromatic N) is 3. The molecule has 2 aromatic rings. The number of carbonyl (C=O) groups is 1. The van der Waals surface area contributed by atoms with E-state index < -0.39 is 17.8 Å². The molecule has 0 aliphatic carbocycles. The second kappa shape index (κ2) is 8.09.